The van der Waals surface area contributed by atoms with E-state index in [-0.39, 0.29) is 5.91 Å². The van der Waals surface area contributed by atoms with Crippen LogP contribution in [0.15, 0.2) is 12.4 Å². The van der Waals surface area contributed by atoms with Crippen molar-refractivity contribution in [1.29, 1.82) is 0 Å². The Kier molecular flexibility index (Phi) is 3.78. The molecule has 1 aliphatic carbocycles. The SMILES string of the molecule is CCCn1cc(C(NCC2CC2)C(N)=O)cn1. The summed E-state index contributed by atoms with van der Waals surface area (Å²) in [4.78, 5) is 11.4. The topological polar surface area (TPSA) is 72.9 Å². The molecule has 1 aromatic rings. The van der Waals surface area contributed by atoms with Gasteiger partial charge in [-0.05, 0) is 31.7 Å². The van der Waals surface area contributed by atoms with Gasteiger partial charge in [0.1, 0.15) is 6.04 Å². The van der Waals surface area contributed by atoms with Gasteiger partial charge in [0, 0.05) is 18.3 Å². The fourth-order valence-corrected chi connectivity index (χ4v) is 1.87. The van der Waals surface area contributed by atoms with Crippen LogP contribution in [0, 0.1) is 5.92 Å². The van der Waals surface area contributed by atoms with Gasteiger partial charge in [-0.3, -0.25) is 9.48 Å². The third kappa shape index (κ3) is 3.30. The highest BCUT2D eigenvalue weighted by Crippen LogP contribution is 2.28. The van der Waals surface area contributed by atoms with E-state index in [1.807, 2.05) is 10.9 Å². The van der Waals surface area contributed by atoms with E-state index < -0.39 is 6.04 Å². The zero-order valence-corrected chi connectivity index (χ0v) is 10.2. The maximum Gasteiger partial charge on any atom is 0.239 e. The number of carbonyl (C=O) groups is 1. The van der Waals surface area contributed by atoms with E-state index in [4.69, 9.17) is 5.73 Å². The highest BCUT2D eigenvalue weighted by molar-refractivity contribution is 5.81. The predicted octanol–water partition coefficient (Wildman–Crippen LogP) is 0.819. The van der Waals surface area contributed by atoms with Crippen molar-refractivity contribution in [2.45, 2.75) is 38.8 Å². The lowest BCUT2D eigenvalue weighted by atomic mass is 10.1. The van der Waals surface area contributed by atoms with Gasteiger partial charge in [-0.1, -0.05) is 6.92 Å². The summed E-state index contributed by atoms with van der Waals surface area (Å²) >= 11 is 0. The van der Waals surface area contributed by atoms with Gasteiger partial charge in [0.2, 0.25) is 5.91 Å². The van der Waals surface area contributed by atoms with Crippen LogP contribution >= 0.6 is 0 Å². The van der Waals surface area contributed by atoms with E-state index in [1.54, 1.807) is 6.20 Å². The second-order valence-corrected chi connectivity index (χ2v) is 4.72. The molecular weight excluding hydrogens is 216 g/mol. The number of carbonyl (C=O) groups excluding carboxylic acids is 1. The van der Waals surface area contributed by atoms with E-state index in [1.165, 1.54) is 12.8 Å². The number of nitrogens with one attached hydrogen (secondary N) is 1. The predicted molar refractivity (Wildman–Crippen MR) is 65.2 cm³/mol. The molecule has 94 valence electrons. The van der Waals surface area contributed by atoms with Gasteiger partial charge >= 0.3 is 0 Å². The molecule has 17 heavy (non-hydrogen) atoms. The number of hydrogen-bond donors (Lipinski definition) is 2. The number of aryl methyl sites for hydroxylation is 1. The van der Waals surface area contributed by atoms with Crippen molar-refractivity contribution in [3.05, 3.63) is 18.0 Å². The Hall–Kier alpha value is -1.36. The smallest absolute Gasteiger partial charge is 0.239 e. The molecule has 3 N–H and O–H groups in total. The maximum atomic E-state index is 11.4. The summed E-state index contributed by atoms with van der Waals surface area (Å²) in [7, 11) is 0. The van der Waals surface area contributed by atoms with Gasteiger partial charge in [0.05, 0.1) is 6.20 Å². The molecule has 0 saturated heterocycles. The van der Waals surface area contributed by atoms with Crippen molar-refractivity contribution >= 4 is 5.91 Å². The molecule has 1 aromatic heterocycles. The molecule has 0 spiro atoms. The lowest BCUT2D eigenvalue weighted by Crippen LogP contribution is -2.34. The molecule has 1 amide bonds. The first-order valence-electron chi connectivity index (χ1n) is 6.25. The van der Waals surface area contributed by atoms with Gasteiger partial charge in [-0.25, -0.2) is 0 Å². The first-order valence-corrected chi connectivity index (χ1v) is 6.25. The molecule has 5 nitrogen and oxygen atoms in total. The molecule has 1 heterocycles. The van der Waals surface area contributed by atoms with Crippen LogP contribution < -0.4 is 11.1 Å². The molecule has 1 saturated carbocycles. The molecule has 1 fully saturated rings. The number of primary amides is 1. The average molecular weight is 236 g/mol. The van der Waals surface area contributed by atoms with Crippen LogP contribution in [-0.2, 0) is 11.3 Å². The van der Waals surface area contributed by atoms with Crippen LogP contribution in [0.5, 0.6) is 0 Å². The standard InChI is InChI=1S/C12H20N4O/c1-2-5-16-8-10(7-15-16)11(12(13)17)14-6-9-3-4-9/h7-9,11,14H,2-6H2,1H3,(H2,13,17). The summed E-state index contributed by atoms with van der Waals surface area (Å²) < 4.78 is 1.85. The van der Waals surface area contributed by atoms with Crippen LogP contribution in [0.2, 0.25) is 0 Å². The molecule has 0 aliphatic heterocycles. The number of aromatic nitrogens is 2. The van der Waals surface area contributed by atoms with E-state index in [9.17, 15) is 4.79 Å². The minimum absolute atomic E-state index is 0.332. The van der Waals surface area contributed by atoms with Gasteiger partial charge < -0.3 is 11.1 Å². The monoisotopic (exact) mass is 236 g/mol. The molecule has 1 atom stereocenters. The zero-order chi connectivity index (χ0) is 12.3. The first-order chi connectivity index (χ1) is 8.20. The van der Waals surface area contributed by atoms with Crippen LogP contribution in [0.3, 0.4) is 0 Å². The van der Waals surface area contributed by atoms with Gasteiger partial charge in [-0.2, -0.15) is 5.10 Å². The first kappa shape index (κ1) is 12.1. The Bertz CT molecular complexity index is 384. The Morgan fingerprint density at radius 2 is 2.47 bits per heavy atom. The summed E-state index contributed by atoms with van der Waals surface area (Å²) in [5.74, 6) is 0.393. The second kappa shape index (κ2) is 5.31. The summed E-state index contributed by atoms with van der Waals surface area (Å²) in [6.45, 7) is 3.83. The Balaban J connectivity index is 1.99. The molecule has 5 heteroatoms. The largest absolute Gasteiger partial charge is 0.368 e. The third-order valence-electron chi connectivity index (χ3n) is 3.03. The van der Waals surface area contributed by atoms with Crippen LogP contribution in [-0.4, -0.2) is 22.2 Å². The van der Waals surface area contributed by atoms with Crippen molar-refractivity contribution in [3.63, 3.8) is 0 Å². The highest BCUT2D eigenvalue weighted by Gasteiger charge is 2.25. The van der Waals surface area contributed by atoms with Crippen molar-refractivity contribution in [2.75, 3.05) is 6.54 Å². The summed E-state index contributed by atoms with van der Waals surface area (Å²) in [6.07, 6.45) is 7.17. The van der Waals surface area contributed by atoms with Crippen molar-refractivity contribution in [1.82, 2.24) is 15.1 Å². The third-order valence-corrected chi connectivity index (χ3v) is 3.03. The van der Waals surface area contributed by atoms with Crippen molar-refractivity contribution < 1.29 is 4.79 Å². The van der Waals surface area contributed by atoms with E-state index in [0.29, 0.717) is 0 Å². The Labute approximate surface area is 101 Å². The molecule has 2 rings (SSSR count). The second-order valence-electron chi connectivity index (χ2n) is 4.72. The number of nitrogens with zero attached hydrogens (tertiary/aromatic N) is 2. The van der Waals surface area contributed by atoms with E-state index in [2.05, 4.69) is 17.3 Å². The molecular formula is C12H20N4O. The number of rotatable bonds is 7. The molecule has 0 bridgehead atoms. The Morgan fingerprint density at radius 1 is 1.71 bits per heavy atom. The normalized spacial score (nSPS) is 17.0. The number of amides is 1. The van der Waals surface area contributed by atoms with Crippen molar-refractivity contribution in [3.8, 4) is 0 Å². The van der Waals surface area contributed by atoms with Crippen LogP contribution in [0.1, 0.15) is 37.8 Å². The van der Waals surface area contributed by atoms with Crippen LogP contribution in [0.25, 0.3) is 0 Å². The fraction of sp³-hybridized carbons (Fsp3) is 0.667. The quantitative estimate of drug-likeness (QED) is 0.736. The minimum atomic E-state index is -0.402. The Morgan fingerprint density at radius 3 is 3.06 bits per heavy atom. The number of nitrogens with two attached hydrogens (primary N) is 1. The molecule has 0 radical (unpaired) electrons. The average Bonchev–Trinajstić information content (AvgIpc) is 2.99. The van der Waals surface area contributed by atoms with E-state index >= 15 is 0 Å². The van der Waals surface area contributed by atoms with Gasteiger partial charge in [0.15, 0.2) is 0 Å². The van der Waals surface area contributed by atoms with E-state index in [0.717, 1.165) is 31.0 Å². The fourth-order valence-electron chi connectivity index (χ4n) is 1.87. The maximum absolute atomic E-state index is 11.4. The summed E-state index contributed by atoms with van der Waals surface area (Å²) in [6, 6.07) is -0.402. The van der Waals surface area contributed by atoms with Crippen LogP contribution in [0.4, 0.5) is 0 Å². The van der Waals surface area contributed by atoms with Gasteiger partial charge in [-0.15, -0.1) is 0 Å². The lowest BCUT2D eigenvalue weighted by molar-refractivity contribution is -0.120. The highest BCUT2D eigenvalue weighted by atomic mass is 16.1. The molecule has 1 aliphatic rings. The molecule has 0 aromatic carbocycles. The van der Waals surface area contributed by atoms with Crippen molar-refractivity contribution in [2.24, 2.45) is 11.7 Å². The number of hydrogen-bond acceptors (Lipinski definition) is 3. The van der Waals surface area contributed by atoms with Gasteiger partial charge in [0.25, 0.3) is 0 Å². The summed E-state index contributed by atoms with van der Waals surface area (Å²) in [5.41, 5.74) is 6.29. The minimum Gasteiger partial charge on any atom is -0.368 e. The summed E-state index contributed by atoms with van der Waals surface area (Å²) in [5, 5.41) is 7.45. The lowest BCUT2D eigenvalue weighted by Gasteiger charge is -2.13. The zero-order valence-electron chi connectivity index (χ0n) is 10.2. The molecule has 1 unspecified atom stereocenters.